The predicted octanol–water partition coefficient (Wildman–Crippen LogP) is 4.76. The Hall–Kier alpha value is -1.53. The zero-order valence-electron chi connectivity index (χ0n) is 11.0. The van der Waals surface area contributed by atoms with Crippen molar-refractivity contribution in [3.8, 4) is 11.5 Å². The van der Waals surface area contributed by atoms with Gasteiger partial charge in [0.2, 0.25) is 0 Å². The van der Waals surface area contributed by atoms with Crippen LogP contribution in [0.4, 0.5) is 13.2 Å². The Bertz CT molecular complexity index is 611. The van der Waals surface area contributed by atoms with E-state index in [1.54, 1.807) is 12.1 Å². The molecule has 2 aromatic rings. The van der Waals surface area contributed by atoms with Crippen LogP contribution in [0, 0.1) is 0 Å². The fraction of sp³-hybridized carbons (Fsp3) is 0.200. The number of rotatable bonds is 4. The second-order valence-corrected chi connectivity index (χ2v) is 5.28. The highest BCUT2D eigenvalue weighted by Gasteiger charge is 2.30. The molecule has 0 aliphatic rings. The molecule has 0 spiro atoms. The molecule has 112 valence electrons. The maximum Gasteiger partial charge on any atom is 0.416 e. The molecule has 0 aliphatic carbocycles. The summed E-state index contributed by atoms with van der Waals surface area (Å²) < 4.78 is 43.5. The third-order valence-electron chi connectivity index (χ3n) is 2.84. The second kappa shape index (κ2) is 6.49. The van der Waals surface area contributed by atoms with Crippen molar-refractivity contribution in [2.75, 3.05) is 6.54 Å². The number of benzene rings is 2. The number of hydrogen-bond donors (Lipinski definition) is 1. The fourth-order valence-electron chi connectivity index (χ4n) is 1.78. The van der Waals surface area contributed by atoms with Crippen molar-refractivity contribution in [1.82, 2.24) is 0 Å². The molecule has 0 amide bonds. The van der Waals surface area contributed by atoms with Gasteiger partial charge in [-0.05, 0) is 64.8 Å². The first-order valence-corrected chi connectivity index (χ1v) is 7.03. The first-order valence-electron chi connectivity index (χ1n) is 6.24. The van der Waals surface area contributed by atoms with Gasteiger partial charge in [-0.15, -0.1) is 0 Å². The molecular formula is C15H13BrF3NO. The summed E-state index contributed by atoms with van der Waals surface area (Å²) in [5.41, 5.74) is 5.82. The summed E-state index contributed by atoms with van der Waals surface area (Å²) in [4.78, 5) is 0. The van der Waals surface area contributed by atoms with Crippen molar-refractivity contribution in [2.24, 2.45) is 5.73 Å². The van der Waals surface area contributed by atoms with Crippen molar-refractivity contribution in [3.05, 3.63) is 58.1 Å². The number of ether oxygens (including phenoxy) is 1. The molecule has 2 N–H and O–H groups in total. The van der Waals surface area contributed by atoms with Crippen LogP contribution in [0.3, 0.4) is 0 Å². The summed E-state index contributed by atoms with van der Waals surface area (Å²) in [6.45, 7) is 0.560. The van der Waals surface area contributed by atoms with E-state index in [4.69, 9.17) is 10.5 Å². The highest BCUT2D eigenvalue weighted by atomic mass is 79.9. The monoisotopic (exact) mass is 359 g/mol. The van der Waals surface area contributed by atoms with E-state index in [1.807, 2.05) is 12.1 Å². The third-order valence-corrected chi connectivity index (χ3v) is 3.46. The molecule has 0 saturated carbocycles. The lowest BCUT2D eigenvalue weighted by molar-refractivity contribution is -0.137. The average Bonchev–Trinajstić information content (AvgIpc) is 2.42. The molecule has 2 rings (SSSR count). The van der Waals surface area contributed by atoms with Crippen LogP contribution in [0.25, 0.3) is 0 Å². The zero-order chi connectivity index (χ0) is 15.5. The van der Waals surface area contributed by atoms with E-state index in [9.17, 15) is 13.2 Å². The Balaban J connectivity index is 2.16. The highest BCUT2D eigenvalue weighted by Crippen LogP contribution is 2.36. The van der Waals surface area contributed by atoms with Gasteiger partial charge in [-0.25, -0.2) is 0 Å². The summed E-state index contributed by atoms with van der Waals surface area (Å²) in [6.07, 6.45) is -3.60. The van der Waals surface area contributed by atoms with E-state index < -0.39 is 11.7 Å². The van der Waals surface area contributed by atoms with Gasteiger partial charge < -0.3 is 10.5 Å². The topological polar surface area (TPSA) is 35.2 Å². The molecule has 0 unspecified atom stereocenters. The number of nitrogens with two attached hydrogens (primary N) is 1. The van der Waals surface area contributed by atoms with Crippen LogP contribution in [-0.4, -0.2) is 6.54 Å². The van der Waals surface area contributed by atoms with Crippen molar-refractivity contribution < 1.29 is 17.9 Å². The van der Waals surface area contributed by atoms with Crippen LogP contribution in [0.1, 0.15) is 11.1 Å². The quantitative estimate of drug-likeness (QED) is 0.853. The molecule has 21 heavy (non-hydrogen) atoms. The standard InChI is InChI=1S/C15H13BrF3NO/c16-13-9-11(15(17,18)19)3-6-14(13)21-12-4-1-10(2-5-12)7-8-20/h1-6,9H,7-8,20H2. The molecule has 0 radical (unpaired) electrons. The molecule has 0 aromatic heterocycles. The van der Waals surface area contributed by atoms with Gasteiger partial charge in [-0.3, -0.25) is 0 Å². The molecule has 0 aliphatic heterocycles. The minimum absolute atomic E-state index is 0.253. The van der Waals surface area contributed by atoms with Crippen LogP contribution in [-0.2, 0) is 12.6 Å². The molecule has 0 fully saturated rings. The van der Waals surface area contributed by atoms with Crippen LogP contribution >= 0.6 is 15.9 Å². The predicted molar refractivity (Wildman–Crippen MR) is 78.4 cm³/mol. The first-order chi connectivity index (χ1) is 9.90. The van der Waals surface area contributed by atoms with E-state index in [0.717, 1.165) is 24.1 Å². The minimum Gasteiger partial charge on any atom is -0.456 e. The lowest BCUT2D eigenvalue weighted by atomic mass is 10.1. The summed E-state index contributed by atoms with van der Waals surface area (Å²) in [5.74, 6) is 0.880. The fourth-order valence-corrected chi connectivity index (χ4v) is 2.24. The molecule has 2 aromatic carbocycles. The van der Waals surface area contributed by atoms with Crippen LogP contribution < -0.4 is 10.5 Å². The summed E-state index contributed by atoms with van der Waals surface area (Å²) in [7, 11) is 0. The Morgan fingerprint density at radius 3 is 2.24 bits per heavy atom. The summed E-state index contributed by atoms with van der Waals surface area (Å²) in [5, 5.41) is 0. The number of alkyl halides is 3. The molecule has 2 nitrogen and oxygen atoms in total. The van der Waals surface area contributed by atoms with Crippen molar-refractivity contribution in [2.45, 2.75) is 12.6 Å². The Morgan fingerprint density at radius 1 is 1.05 bits per heavy atom. The molecule has 0 saturated heterocycles. The first kappa shape index (κ1) is 15.9. The van der Waals surface area contributed by atoms with Crippen LogP contribution in [0.15, 0.2) is 46.9 Å². The maximum absolute atomic E-state index is 12.6. The SMILES string of the molecule is NCCc1ccc(Oc2ccc(C(F)(F)F)cc2Br)cc1. The lowest BCUT2D eigenvalue weighted by Gasteiger charge is -2.11. The smallest absolute Gasteiger partial charge is 0.416 e. The van der Waals surface area contributed by atoms with Gasteiger partial charge in [0, 0.05) is 0 Å². The van der Waals surface area contributed by atoms with E-state index in [2.05, 4.69) is 15.9 Å². The molecule has 0 bridgehead atoms. The second-order valence-electron chi connectivity index (χ2n) is 4.43. The summed E-state index contributed by atoms with van der Waals surface area (Å²) in [6, 6.07) is 10.5. The van der Waals surface area contributed by atoms with Crippen molar-refractivity contribution in [1.29, 1.82) is 0 Å². The van der Waals surface area contributed by atoms with Crippen molar-refractivity contribution >= 4 is 15.9 Å². The normalized spacial score (nSPS) is 11.5. The number of hydrogen-bond acceptors (Lipinski definition) is 2. The van der Waals surface area contributed by atoms with Gasteiger partial charge >= 0.3 is 6.18 Å². The maximum atomic E-state index is 12.6. The van der Waals surface area contributed by atoms with Gasteiger partial charge in [0.1, 0.15) is 11.5 Å². The van der Waals surface area contributed by atoms with Gasteiger partial charge in [0.05, 0.1) is 10.0 Å². The Labute approximate surface area is 128 Å². The summed E-state index contributed by atoms with van der Waals surface area (Å²) >= 11 is 3.09. The molecule has 6 heteroatoms. The van der Waals surface area contributed by atoms with E-state index in [0.29, 0.717) is 18.0 Å². The van der Waals surface area contributed by atoms with E-state index in [-0.39, 0.29) is 4.47 Å². The van der Waals surface area contributed by atoms with Gasteiger partial charge in [-0.2, -0.15) is 13.2 Å². The van der Waals surface area contributed by atoms with Gasteiger partial charge in [-0.1, -0.05) is 12.1 Å². The third kappa shape index (κ3) is 4.22. The Morgan fingerprint density at radius 2 is 1.71 bits per heavy atom. The molecular weight excluding hydrogens is 347 g/mol. The lowest BCUT2D eigenvalue weighted by Crippen LogP contribution is -2.04. The van der Waals surface area contributed by atoms with Gasteiger partial charge in [0.15, 0.2) is 0 Å². The van der Waals surface area contributed by atoms with Gasteiger partial charge in [0.25, 0.3) is 0 Å². The molecule has 0 atom stereocenters. The highest BCUT2D eigenvalue weighted by molar-refractivity contribution is 9.10. The van der Waals surface area contributed by atoms with E-state index in [1.165, 1.54) is 6.07 Å². The van der Waals surface area contributed by atoms with E-state index >= 15 is 0 Å². The zero-order valence-corrected chi connectivity index (χ0v) is 12.5. The van der Waals surface area contributed by atoms with Crippen molar-refractivity contribution in [3.63, 3.8) is 0 Å². The number of halogens is 4. The largest absolute Gasteiger partial charge is 0.456 e. The van der Waals surface area contributed by atoms with Crippen LogP contribution in [0.5, 0.6) is 11.5 Å². The Kier molecular flexibility index (Phi) is 4.90. The average molecular weight is 360 g/mol. The van der Waals surface area contributed by atoms with Crippen LogP contribution in [0.2, 0.25) is 0 Å². The molecule has 0 heterocycles. The minimum atomic E-state index is -4.37.